The van der Waals surface area contributed by atoms with Crippen molar-refractivity contribution in [3.8, 4) is 11.7 Å². The van der Waals surface area contributed by atoms with Crippen LogP contribution in [0.15, 0.2) is 36.7 Å². The molecule has 114 valence electrons. The van der Waals surface area contributed by atoms with Gasteiger partial charge < -0.3 is 10.5 Å². The molecule has 0 bridgehead atoms. The molecular formula is C16H24N4O. The fraction of sp³-hybridized carbons (Fsp3) is 0.500. The van der Waals surface area contributed by atoms with Gasteiger partial charge in [-0.2, -0.15) is 4.98 Å². The van der Waals surface area contributed by atoms with Crippen molar-refractivity contribution in [2.24, 2.45) is 11.1 Å². The summed E-state index contributed by atoms with van der Waals surface area (Å²) in [6, 6.07) is 10.3. The lowest BCUT2D eigenvalue weighted by Crippen LogP contribution is -2.23. The highest BCUT2D eigenvalue weighted by Gasteiger charge is 2.14. The van der Waals surface area contributed by atoms with E-state index >= 15 is 0 Å². The summed E-state index contributed by atoms with van der Waals surface area (Å²) < 4.78 is 7.30. The topological polar surface area (TPSA) is 66.0 Å². The molecule has 2 rings (SSSR count). The lowest BCUT2D eigenvalue weighted by molar-refractivity contribution is 0.263. The Morgan fingerprint density at radius 3 is 2.67 bits per heavy atom. The summed E-state index contributed by atoms with van der Waals surface area (Å²) in [6.07, 6.45) is 4.87. The zero-order valence-corrected chi connectivity index (χ0v) is 12.8. The van der Waals surface area contributed by atoms with Crippen molar-refractivity contribution in [1.82, 2.24) is 14.8 Å². The number of nitrogens with zero attached hydrogens (tertiary/aromatic N) is 3. The van der Waals surface area contributed by atoms with E-state index in [9.17, 15) is 0 Å². The molecule has 0 unspecified atom stereocenters. The van der Waals surface area contributed by atoms with E-state index in [0.29, 0.717) is 12.6 Å². The predicted molar refractivity (Wildman–Crippen MR) is 83.5 cm³/mol. The average molecular weight is 288 g/mol. The van der Waals surface area contributed by atoms with Gasteiger partial charge >= 0.3 is 6.01 Å². The molecule has 2 N–H and O–H groups in total. The molecule has 0 aliphatic rings. The van der Waals surface area contributed by atoms with E-state index in [-0.39, 0.29) is 5.41 Å². The molecule has 2 aromatic rings. The van der Waals surface area contributed by atoms with Crippen molar-refractivity contribution in [3.63, 3.8) is 0 Å². The summed E-state index contributed by atoms with van der Waals surface area (Å²) in [5.74, 6) is 0. The Bertz CT molecular complexity index is 536. The molecule has 0 radical (unpaired) electrons. The van der Waals surface area contributed by atoms with Crippen LogP contribution >= 0.6 is 0 Å². The number of nitrogens with two attached hydrogens (primary N) is 1. The second-order valence-electron chi connectivity index (χ2n) is 5.98. The third kappa shape index (κ3) is 4.86. The molecule has 0 saturated carbocycles. The second kappa shape index (κ2) is 7.22. The average Bonchev–Trinajstić information content (AvgIpc) is 2.97. The van der Waals surface area contributed by atoms with Gasteiger partial charge in [0.05, 0.1) is 12.3 Å². The van der Waals surface area contributed by atoms with E-state index in [4.69, 9.17) is 10.5 Å². The maximum atomic E-state index is 5.72. The van der Waals surface area contributed by atoms with Crippen LogP contribution in [0, 0.1) is 5.41 Å². The van der Waals surface area contributed by atoms with Crippen LogP contribution in [0.2, 0.25) is 0 Å². The molecule has 0 amide bonds. The highest BCUT2D eigenvalue weighted by atomic mass is 16.5. The van der Waals surface area contributed by atoms with Gasteiger partial charge in [0, 0.05) is 0 Å². The number of unbranched alkanes of at least 4 members (excludes halogenated alkanes) is 1. The fourth-order valence-electron chi connectivity index (χ4n) is 1.99. The molecule has 1 heterocycles. The molecule has 0 aliphatic heterocycles. The first kappa shape index (κ1) is 15.5. The Labute approximate surface area is 126 Å². The third-order valence-electron chi connectivity index (χ3n) is 3.52. The first-order valence-electron chi connectivity index (χ1n) is 7.41. The first-order chi connectivity index (χ1) is 10.1. The minimum Gasteiger partial charge on any atom is -0.462 e. The van der Waals surface area contributed by atoms with Gasteiger partial charge in [0.25, 0.3) is 0 Å². The third-order valence-corrected chi connectivity index (χ3v) is 3.52. The van der Waals surface area contributed by atoms with Gasteiger partial charge in [-0.1, -0.05) is 32.0 Å². The van der Waals surface area contributed by atoms with Crippen LogP contribution in [0.25, 0.3) is 5.69 Å². The normalized spacial score (nSPS) is 11.6. The molecule has 1 aromatic heterocycles. The predicted octanol–water partition coefficient (Wildman–Crippen LogP) is 2.80. The Morgan fingerprint density at radius 2 is 1.95 bits per heavy atom. The van der Waals surface area contributed by atoms with Gasteiger partial charge in [-0.15, -0.1) is 5.10 Å². The fourth-order valence-corrected chi connectivity index (χ4v) is 1.99. The molecule has 1 aromatic carbocycles. The maximum absolute atomic E-state index is 5.72. The van der Waals surface area contributed by atoms with Gasteiger partial charge in [0.1, 0.15) is 6.33 Å². The molecule has 0 fully saturated rings. The van der Waals surface area contributed by atoms with Crippen molar-refractivity contribution in [2.45, 2.75) is 33.1 Å². The number of para-hydroxylation sites is 1. The van der Waals surface area contributed by atoms with Crippen LogP contribution in [-0.4, -0.2) is 27.9 Å². The van der Waals surface area contributed by atoms with E-state index in [0.717, 1.165) is 31.5 Å². The highest BCUT2D eigenvalue weighted by molar-refractivity contribution is 5.29. The Hall–Kier alpha value is -1.88. The minimum atomic E-state index is 0.215. The molecular weight excluding hydrogens is 264 g/mol. The lowest BCUT2D eigenvalue weighted by Gasteiger charge is -2.21. The highest BCUT2D eigenvalue weighted by Crippen LogP contribution is 2.21. The SMILES string of the molecule is CC(C)(CN)CCCCOc1ncn(-c2ccccc2)n1. The molecule has 0 saturated heterocycles. The Morgan fingerprint density at radius 1 is 1.19 bits per heavy atom. The van der Waals surface area contributed by atoms with E-state index in [1.54, 1.807) is 11.0 Å². The number of aromatic nitrogens is 3. The lowest BCUT2D eigenvalue weighted by atomic mass is 9.87. The van der Waals surface area contributed by atoms with Crippen LogP contribution in [0.1, 0.15) is 33.1 Å². The van der Waals surface area contributed by atoms with Crippen molar-refractivity contribution in [2.75, 3.05) is 13.2 Å². The van der Waals surface area contributed by atoms with E-state index in [1.807, 2.05) is 30.3 Å². The molecule has 0 spiro atoms. The second-order valence-corrected chi connectivity index (χ2v) is 5.98. The first-order valence-corrected chi connectivity index (χ1v) is 7.41. The molecule has 0 aliphatic carbocycles. The smallest absolute Gasteiger partial charge is 0.335 e. The van der Waals surface area contributed by atoms with Gasteiger partial charge in [-0.05, 0) is 43.4 Å². The van der Waals surface area contributed by atoms with Crippen molar-refractivity contribution in [3.05, 3.63) is 36.7 Å². The number of benzene rings is 1. The van der Waals surface area contributed by atoms with Crippen LogP contribution < -0.4 is 10.5 Å². The van der Waals surface area contributed by atoms with E-state index < -0.39 is 0 Å². The number of hydrogen-bond donors (Lipinski definition) is 1. The minimum absolute atomic E-state index is 0.215. The summed E-state index contributed by atoms with van der Waals surface area (Å²) in [7, 11) is 0. The van der Waals surface area contributed by atoms with Gasteiger partial charge in [0.2, 0.25) is 0 Å². The summed E-state index contributed by atoms with van der Waals surface area (Å²) in [5.41, 5.74) is 6.91. The summed E-state index contributed by atoms with van der Waals surface area (Å²) in [5, 5.41) is 4.31. The van der Waals surface area contributed by atoms with Crippen molar-refractivity contribution < 1.29 is 4.74 Å². The molecule has 5 heteroatoms. The monoisotopic (exact) mass is 288 g/mol. The summed E-state index contributed by atoms with van der Waals surface area (Å²) in [4.78, 5) is 4.16. The van der Waals surface area contributed by atoms with Gasteiger partial charge in [-0.3, -0.25) is 0 Å². The quantitative estimate of drug-likeness (QED) is 0.759. The summed E-state index contributed by atoms with van der Waals surface area (Å²) in [6.45, 7) is 5.74. The molecule has 5 nitrogen and oxygen atoms in total. The summed E-state index contributed by atoms with van der Waals surface area (Å²) >= 11 is 0. The van der Waals surface area contributed by atoms with Gasteiger partial charge in [-0.25, -0.2) is 4.68 Å². The molecule has 0 atom stereocenters. The van der Waals surface area contributed by atoms with Crippen LogP contribution in [-0.2, 0) is 0 Å². The zero-order chi connectivity index (χ0) is 15.1. The van der Waals surface area contributed by atoms with Crippen LogP contribution in [0.4, 0.5) is 0 Å². The largest absolute Gasteiger partial charge is 0.462 e. The van der Waals surface area contributed by atoms with Crippen LogP contribution in [0.5, 0.6) is 6.01 Å². The van der Waals surface area contributed by atoms with Gasteiger partial charge in [0.15, 0.2) is 0 Å². The molecule has 21 heavy (non-hydrogen) atoms. The standard InChI is InChI=1S/C16H24N4O/c1-16(2,12-17)10-6-7-11-21-15-18-13-20(19-15)14-8-4-3-5-9-14/h3-5,8-9,13H,6-7,10-12,17H2,1-2H3. The van der Waals surface area contributed by atoms with Crippen molar-refractivity contribution >= 4 is 0 Å². The number of rotatable bonds is 8. The maximum Gasteiger partial charge on any atom is 0.335 e. The van der Waals surface area contributed by atoms with Crippen LogP contribution in [0.3, 0.4) is 0 Å². The Kier molecular flexibility index (Phi) is 5.33. The Balaban J connectivity index is 1.74. The zero-order valence-electron chi connectivity index (χ0n) is 12.8. The number of ether oxygens (including phenoxy) is 1. The van der Waals surface area contributed by atoms with Crippen molar-refractivity contribution in [1.29, 1.82) is 0 Å². The van der Waals surface area contributed by atoms with E-state index in [1.165, 1.54) is 0 Å². The number of hydrogen-bond acceptors (Lipinski definition) is 4. The van der Waals surface area contributed by atoms with E-state index in [2.05, 4.69) is 23.9 Å².